The van der Waals surface area contributed by atoms with Gasteiger partial charge in [-0.3, -0.25) is 0 Å². The summed E-state index contributed by atoms with van der Waals surface area (Å²) in [5, 5.41) is 0.888. The molecule has 0 fully saturated rings. The highest BCUT2D eigenvalue weighted by Gasteiger charge is 2.15. The number of rotatable bonds is 5. The van der Waals surface area contributed by atoms with E-state index >= 15 is 0 Å². The number of fused-ring (bicyclic) bond motifs is 1. The molecule has 0 atom stereocenters. The van der Waals surface area contributed by atoms with Crippen molar-refractivity contribution in [3.63, 3.8) is 0 Å². The fraction of sp³-hybridized carbons (Fsp3) is 0.273. The van der Waals surface area contributed by atoms with Crippen molar-refractivity contribution < 1.29 is 0 Å². The summed E-state index contributed by atoms with van der Waals surface area (Å²) in [6.45, 7) is 8.16. The molecule has 0 saturated carbocycles. The van der Waals surface area contributed by atoms with Crippen LogP contribution in [0.2, 0.25) is 5.02 Å². The van der Waals surface area contributed by atoms with Gasteiger partial charge in [-0.15, -0.1) is 6.58 Å². The molecule has 0 aliphatic heterocycles. The number of aryl methyl sites for hydroxylation is 4. The molecule has 0 radical (unpaired) electrons. The van der Waals surface area contributed by atoms with E-state index in [1.807, 2.05) is 6.08 Å². The van der Waals surface area contributed by atoms with Crippen LogP contribution in [0, 0.1) is 13.8 Å². The molecular weight excluding hydrogens is 300 g/mol. The van der Waals surface area contributed by atoms with Crippen LogP contribution in [0.4, 0.5) is 0 Å². The molecule has 0 N–H and O–H groups in total. The molecule has 3 rings (SSSR count). The fourth-order valence-corrected chi connectivity index (χ4v) is 3.69. The van der Waals surface area contributed by atoms with Crippen molar-refractivity contribution in [3.05, 3.63) is 87.5 Å². The van der Waals surface area contributed by atoms with Gasteiger partial charge in [-0.25, -0.2) is 0 Å². The largest absolute Gasteiger partial charge is 0.103 e. The molecule has 0 saturated heterocycles. The van der Waals surface area contributed by atoms with Crippen LogP contribution in [-0.4, -0.2) is 0 Å². The highest BCUT2D eigenvalue weighted by Crippen LogP contribution is 2.32. The van der Waals surface area contributed by atoms with E-state index in [1.54, 1.807) is 0 Å². The molecule has 23 heavy (non-hydrogen) atoms. The molecule has 2 aromatic rings. The standard InChI is InChI=1S/C22H23Cl/c1-4-5-17-8-11-20-14-19(16(3)13-21(17)20)10-9-18-7-6-15(2)12-22(18)23/h4,6-8,12-14H,1,5,9-11H2,2-3H3. The second-order valence-corrected chi connectivity index (χ2v) is 6.86. The molecule has 0 bridgehead atoms. The monoisotopic (exact) mass is 322 g/mol. The van der Waals surface area contributed by atoms with Crippen molar-refractivity contribution in [3.8, 4) is 0 Å². The maximum atomic E-state index is 6.37. The van der Waals surface area contributed by atoms with Crippen LogP contribution in [0.25, 0.3) is 5.57 Å². The first-order chi connectivity index (χ1) is 11.1. The summed E-state index contributed by atoms with van der Waals surface area (Å²) < 4.78 is 0. The lowest BCUT2D eigenvalue weighted by Crippen LogP contribution is -1.98. The average molecular weight is 323 g/mol. The summed E-state index contributed by atoms with van der Waals surface area (Å²) in [6.07, 6.45) is 8.38. The number of hydrogen-bond acceptors (Lipinski definition) is 0. The summed E-state index contributed by atoms with van der Waals surface area (Å²) in [5.74, 6) is 0. The van der Waals surface area contributed by atoms with Crippen molar-refractivity contribution in [2.24, 2.45) is 0 Å². The van der Waals surface area contributed by atoms with Crippen molar-refractivity contribution in [1.29, 1.82) is 0 Å². The zero-order chi connectivity index (χ0) is 16.4. The average Bonchev–Trinajstić information content (AvgIpc) is 2.89. The summed E-state index contributed by atoms with van der Waals surface area (Å²) in [6, 6.07) is 11.1. The van der Waals surface area contributed by atoms with Crippen LogP contribution >= 0.6 is 11.6 Å². The van der Waals surface area contributed by atoms with Crippen LogP contribution in [-0.2, 0) is 19.3 Å². The van der Waals surface area contributed by atoms with Gasteiger partial charge in [-0.2, -0.15) is 0 Å². The van der Waals surface area contributed by atoms with Gasteiger partial charge in [-0.1, -0.05) is 48.0 Å². The summed E-state index contributed by atoms with van der Waals surface area (Å²) in [4.78, 5) is 0. The zero-order valence-corrected chi connectivity index (χ0v) is 14.7. The van der Waals surface area contributed by atoms with Crippen LogP contribution in [0.15, 0.2) is 49.1 Å². The molecular formula is C22H23Cl. The Morgan fingerprint density at radius 2 is 1.87 bits per heavy atom. The third-order valence-corrected chi connectivity index (χ3v) is 5.06. The summed E-state index contributed by atoms with van der Waals surface area (Å²) in [5.41, 5.74) is 9.57. The first-order valence-electron chi connectivity index (χ1n) is 8.26. The van der Waals surface area contributed by atoms with Gasteiger partial charge in [-0.05, 0) is 84.6 Å². The van der Waals surface area contributed by atoms with Gasteiger partial charge in [0.05, 0.1) is 0 Å². The van der Waals surface area contributed by atoms with Gasteiger partial charge in [0.15, 0.2) is 0 Å². The van der Waals surface area contributed by atoms with Gasteiger partial charge < -0.3 is 0 Å². The number of hydrogen-bond donors (Lipinski definition) is 0. The van der Waals surface area contributed by atoms with E-state index in [4.69, 9.17) is 11.6 Å². The molecule has 0 nitrogen and oxygen atoms in total. The minimum atomic E-state index is 0.888. The van der Waals surface area contributed by atoms with E-state index in [1.165, 1.54) is 39.0 Å². The van der Waals surface area contributed by atoms with Crippen molar-refractivity contribution in [2.45, 2.75) is 39.5 Å². The Bertz CT molecular complexity index is 781. The molecule has 0 heterocycles. The van der Waals surface area contributed by atoms with E-state index in [9.17, 15) is 0 Å². The van der Waals surface area contributed by atoms with Crippen LogP contribution in [0.5, 0.6) is 0 Å². The lowest BCUT2D eigenvalue weighted by atomic mass is 9.93. The SMILES string of the molecule is C=CCC1=CCc2cc(CCc3ccc(C)cc3Cl)c(C)cc21. The van der Waals surface area contributed by atoms with Gasteiger partial charge >= 0.3 is 0 Å². The third kappa shape index (κ3) is 3.43. The first-order valence-corrected chi connectivity index (χ1v) is 8.64. The van der Waals surface area contributed by atoms with Gasteiger partial charge in [0.1, 0.15) is 0 Å². The van der Waals surface area contributed by atoms with Crippen LogP contribution in [0.3, 0.4) is 0 Å². The topological polar surface area (TPSA) is 0 Å². The minimum absolute atomic E-state index is 0.888. The van der Waals surface area contributed by atoms with Crippen molar-refractivity contribution >= 4 is 17.2 Å². The minimum Gasteiger partial charge on any atom is -0.103 e. The Labute approximate surface area is 144 Å². The highest BCUT2D eigenvalue weighted by molar-refractivity contribution is 6.31. The van der Waals surface area contributed by atoms with Gasteiger partial charge in [0, 0.05) is 5.02 Å². The molecule has 0 amide bonds. The molecule has 2 aromatic carbocycles. The van der Waals surface area contributed by atoms with Crippen molar-refractivity contribution in [2.75, 3.05) is 0 Å². The number of halogens is 1. The smallest absolute Gasteiger partial charge is 0.0440 e. The predicted octanol–water partition coefficient (Wildman–Crippen LogP) is 6.26. The van der Waals surface area contributed by atoms with Crippen LogP contribution in [0.1, 0.15) is 39.8 Å². The molecule has 0 unspecified atom stereocenters. The lowest BCUT2D eigenvalue weighted by Gasteiger charge is -2.12. The van der Waals surface area contributed by atoms with E-state index in [-0.39, 0.29) is 0 Å². The Morgan fingerprint density at radius 1 is 1.09 bits per heavy atom. The second-order valence-electron chi connectivity index (χ2n) is 6.46. The molecule has 1 aliphatic rings. The molecule has 0 aromatic heterocycles. The fourth-order valence-electron chi connectivity index (χ4n) is 3.36. The van der Waals surface area contributed by atoms with E-state index in [0.717, 1.165) is 30.7 Å². The van der Waals surface area contributed by atoms with Crippen molar-refractivity contribution in [1.82, 2.24) is 0 Å². The second kappa shape index (κ2) is 6.76. The Balaban J connectivity index is 1.79. The lowest BCUT2D eigenvalue weighted by molar-refractivity contribution is 0.944. The molecule has 0 spiro atoms. The van der Waals surface area contributed by atoms with E-state index in [0.29, 0.717) is 0 Å². The Kier molecular flexibility index (Phi) is 4.73. The first kappa shape index (κ1) is 16.1. The predicted molar refractivity (Wildman–Crippen MR) is 101 cm³/mol. The number of allylic oxidation sites excluding steroid dienone is 3. The Hall–Kier alpha value is -1.79. The highest BCUT2D eigenvalue weighted by atomic mass is 35.5. The molecule has 118 valence electrons. The van der Waals surface area contributed by atoms with E-state index in [2.05, 4.69) is 56.8 Å². The summed E-state index contributed by atoms with van der Waals surface area (Å²) in [7, 11) is 0. The van der Waals surface area contributed by atoms with Crippen LogP contribution < -0.4 is 0 Å². The van der Waals surface area contributed by atoms with Gasteiger partial charge in [0.25, 0.3) is 0 Å². The van der Waals surface area contributed by atoms with E-state index < -0.39 is 0 Å². The quantitative estimate of drug-likeness (QED) is 0.570. The maximum Gasteiger partial charge on any atom is 0.0440 e. The third-order valence-electron chi connectivity index (χ3n) is 4.71. The zero-order valence-electron chi connectivity index (χ0n) is 14.0. The molecule has 1 aliphatic carbocycles. The normalized spacial score (nSPS) is 12.9. The van der Waals surface area contributed by atoms with Gasteiger partial charge in [0.2, 0.25) is 0 Å². The maximum absolute atomic E-state index is 6.37. The molecule has 1 heteroatoms. The number of benzene rings is 2. The Morgan fingerprint density at radius 3 is 2.61 bits per heavy atom. The summed E-state index contributed by atoms with van der Waals surface area (Å²) >= 11 is 6.37.